The fourth-order valence-electron chi connectivity index (χ4n) is 3.35. The van der Waals surface area contributed by atoms with E-state index in [4.69, 9.17) is 0 Å². The zero-order valence-corrected chi connectivity index (χ0v) is 14.1. The minimum absolute atomic E-state index is 0.102. The molecule has 3 unspecified atom stereocenters. The molecule has 22 heavy (non-hydrogen) atoms. The van der Waals surface area contributed by atoms with E-state index < -0.39 is 0 Å². The summed E-state index contributed by atoms with van der Waals surface area (Å²) in [6.07, 6.45) is 3.10. The number of nitrogens with one attached hydrogen (secondary N) is 2. The molecule has 1 aromatic rings. The lowest BCUT2D eigenvalue weighted by atomic mass is 9.85. The zero-order valence-electron chi connectivity index (χ0n) is 14.1. The van der Waals surface area contributed by atoms with Crippen LogP contribution in [0.25, 0.3) is 0 Å². The van der Waals surface area contributed by atoms with Gasteiger partial charge in [-0.1, -0.05) is 51.1 Å². The van der Waals surface area contributed by atoms with Crippen LogP contribution >= 0.6 is 0 Å². The topological polar surface area (TPSA) is 41.1 Å². The molecule has 3 nitrogen and oxygen atoms in total. The normalized spacial score (nSPS) is 21.4. The van der Waals surface area contributed by atoms with Crippen LogP contribution in [0.5, 0.6) is 0 Å². The van der Waals surface area contributed by atoms with Crippen molar-refractivity contribution in [3.63, 3.8) is 0 Å². The first kappa shape index (κ1) is 17.0. The summed E-state index contributed by atoms with van der Waals surface area (Å²) < 4.78 is 0. The van der Waals surface area contributed by atoms with Crippen LogP contribution in [0.2, 0.25) is 0 Å². The SMILES string of the molecule is CC(C)C(NC(=O)CC(C)C1CCCNC1)c1ccccc1. The van der Waals surface area contributed by atoms with Crippen LogP contribution in [0, 0.1) is 17.8 Å². The Morgan fingerprint density at radius 3 is 2.59 bits per heavy atom. The molecule has 0 aromatic heterocycles. The van der Waals surface area contributed by atoms with Crippen molar-refractivity contribution in [1.82, 2.24) is 10.6 Å². The van der Waals surface area contributed by atoms with Gasteiger partial charge in [-0.3, -0.25) is 4.79 Å². The molecule has 0 spiro atoms. The van der Waals surface area contributed by atoms with Gasteiger partial charge in [0.2, 0.25) is 5.91 Å². The minimum Gasteiger partial charge on any atom is -0.349 e. The summed E-state index contributed by atoms with van der Waals surface area (Å²) >= 11 is 0. The van der Waals surface area contributed by atoms with E-state index in [9.17, 15) is 4.79 Å². The summed E-state index contributed by atoms with van der Waals surface area (Å²) in [5.41, 5.74) is 1.19. The second kappa shape index (κ2) is 8.33. The number of hydrogen-bond acceptors (Lipinski definition) is 2. The predicted octanol–water partition coefficient (Wildman–Crippen LogP) is 3.53. The third-order valence-electron chi connectivity index (χ3n) is 4.79. The van der Waals surface area contributed by atoms with Crippen LogP contribution in [-0.2, 0) is 4.79 Å². The number of carbonyl (C=O) groups is 1. The lowest BCUT2D eigenvalue weighted by molar-refractivity contribution is -0.123. The summed E-state index contributed by atoms with van der Waals surface area (Å²) in [4.78, 5) is 12.5. The summed E-state index contributed by atoms with van der Waals surface area (Å²) in [6.45, 7) is 8.71. The Hall–Kier alpha value is -1.35. The van der Waals surface area contributed by atoms with Crippen LogP contribution in [-0.4, -0.2) is 19.0 Å². The van der Waals surface area contributed by atoms with Crippen molar-refractivity contribution in [2.45, 2.75) is 46.1 Å². The van der Waals surface area contributed by atoms with Crippen molar-refractivity contribution in [2.24, 2.45) is 17.8 Å². The molecule has 122 valence electrons. The van der Waals surface area contributed by atoms with E-state index in [1.807, 2.05) is 18.2 Å². The fraction of sp³-hybridized carbons (Fsp3) is 0.632. The molecule has 0 bridgehead atoms. The van der Waals surface area contributed by atoms with E-state index in [1.165, 1.54) is 18.4 Å². The Morgan fingerprint density at radius 1 is 1.27 bits per heavy atom. The molecular weight excluding hydrogens is 272 g/mol. The van der Waals surface area contributed by atoms with Crippen LogP contribution in [0.1, 0.15) is 51.6 Å². The van der Waals surface area contributed by atoms with Crippen molar-refractivity contribution >= 4 is 5.91 Å². The minimum atomic E-state index is 0.102. The maximum atomic E-state index is 12.5. The molecule has 1 aliphatic rings. The van der Waals surface area contributed by atoms with Crippen LogP contribution in [0.4, 0.5) is 0 Å². The lowest BCUT2D eigenvalue weighted by Crippen LogP contribution is -2.37. The van der Waals surface area contributed by atoms with Gasteiger partial charge in [0.05, 0.1) is 6.04 Å². The molecule has 2 N–H and O–H groups in total. The summed E-state index contributed by atoms with van der Waals surface area (Å²) in [7, 11) is 0. The van der Waals surface area contributed by atoms with E-state index >= 15 is 0 Å². The number of hydrogen-bond donors (Lipinski definition) is 2. The molecule has 3 heteroatoms. The van der Waals surface area contributed by atoms with Gasteiger partial charge >= 0.3 is 0 Å². The Bertz CT molecular complexity index is 452. The summed E-state index contributed by atoms with van der Waals surface area (Å²) in [5.74, 6) is 1.64. The van der Waals surface area contributed by atoms with Crippen molar-refractivity contribution in [3.05, 3.63) is 35.9 Å². The fourth-order valence-corrected chi connectivity index (χ4v) is 3.35. The summed E-state index contributed by atoms with van der Waals surface area (Å²) in [5, 5.41) is 6.69. The van der Waals surface area contributed by atoms with Crippen LogP contribution in [0.3, 0.4) is 0 Å². The van der Waals surface area contributed by atoms with Crippen LogP contribution < -0.4 is 10.6 Å². The van der Waals surface area contributed by atoms with Gasteiger partial charge < -0.3 is 10.6 Å². The Balaban J connectivity index is 1.91. The third-order valence-corrected chi connectivity index (χ3v) is 4.79. The first-order valence-corrected chi connectivity index (χ1v) is 8.63. The van der Waals surface area contributed by atoms with Crippen molar-refractivity contribution < 1.29 is 4.79 Å². The average Bonchev–Trinajstić information content (AvgIpc) is 2.54. The van der Waals surface area contributed by atoms with E-state index in [0.717, 1.165) is 13.1 Å². The number of benzene rings is 1. The molecule has 0 saturated carbocycles. The number of carbonyl (C=O) groups excluding carboxylic acids is 1. The van der Waals surface area contributed by atoms with E-state index in [-0.39, 0.29) is 11.9 Å². The molecule has 1 fully saturated rings. The maximum absolute atomic E-state index is 12.5. The molecular formula is C19H30N2O. The largest absolute Gasteiger partial charge is 0.349 e. The Labute approximate surface area is 134 Å². The number of rotatable bonds is 6. The highest BCUT2D eigenvalue weighted by Crippen LogP contribution is 2.25. The van der Waals surface area contributed by atoms with Crippen molar-refractivity contribution in [2.75, 3.05) is 13.1 Å². The second-order valence-corrected chi connectivity index (χ2v) is 6.99. The highest BCUT2D eigenvalue weighted by molar-refractivity contribution is 5.76. The molecule has 1 saturated heterocycles. The second-order valence-electron chi connectivity index (χ2n) is 6.99. The molecule has 1 aromatic carbocycles. The van der Waals surface area contributed by atoms with E-state index in [0.29, 0.717) is 24.2 Å². The van der Waals surface area contributed by atoms with Crippen LogP contribution in [0.15, 0.2) is 30.3 Å². The van der Waals surface area contributed by atoms with Gasteiger partial charge in [-0.05, 0) is 49.2 Å². The number of amides is 1. The van der Waals surface area contributed by atoms with Gasteiger partial charge in [-0.2, -0.15) is 0 Å². The van der Waals surface area contributed by atoms with Gasteiger partial charge in [-0.25, -0.2) is 0 Å². The highest BCUT2D eigenvalue weighted by Gasteiger charge is 2.24. The first-order valence-electron chi connectivity index (χ1n) is 8.63. The van der Waals surface area contributed by atoms with Gasteiger partial charge in [0.15, 0.2) is 0 Å². The van der Waals surface area contributed by atoms with Gasteiger partial charge in [0.25, 0.3) is 0 Å². The molecule has 2 rings (SSSR count). The lowest BCUT2D eigenvalue weighted by Gasteiger charge is -2.29. The number of piperidine rings is 1. The molecule has 1 heterocycles. The monoisotopic (exact) mass is 302 g/mol. The Kier molecular flexibility index (Phi) is 6.44. The van der Waals surface area contributed by atoms with E-state index in [1.54, 1.807) is 0 Å². The molecule has 0 radical (unpaired) electrons. The standard InChI is InChI=1S/C19H30N2O/c1-14(2)19(16-8-5-4-6-9-16)21-18(22)12-15(3)17-10-7-11-20-13-17/h4-6,8-9,14-15,17,19-20H,7,10-13H2,1-3H3,(H,21,22). The smallest absolute Gasteiger partial charge is 0.220 e. The third kappa shape index (κ3) is 4.84. The van der Waals surface area contributed by atoms with Crippen molar-refractivity contribution in [1.29, 1.82) is 0 Å². The molecule has 1 amide bonds. The van der Waals surface area contributed by atoms with Gasteiger partial charge in [-0.15, -0.1) is 0 Å². The molecule has 1 aliphatic heterocycles. The maximum Gasteiger partial charge on any atom is 0.220 e. The zero-order chi connectivity index (χ0) is 15.9. The average molecular weight is 302 g/mol. The first-order chi connectivity index (χ1) is 10.6. The van der Waals surface area contributed by atoms with Crippen molar-refractivity contribution in [3.8, 4) is 0 Å². The van der Waals surface area contributed by atoms with Gasteiger partial charge in [0.1, 0.15) is 0 Å². The van der Waals surface area contributed by atoms with Gasteiger partial charge in [0, 0.05) is 6.42 Å². The summed E-state index contributed by atoms with van der Waals surface area (Å²) in [6, 6.07) is 10.4. The Morgan fingerprint density at radius 2 is 2.00 bits per heavy atom. The quantitative estimate of drug-likeness (QED) is 0.844. The molecule has 0 aliphatic carbocycles. The van der Waals surface area contributed by atoms with E-state index in [2.05, 4.69) is 43.5 Å². The predicted molar refractivity (Wildman–Crippen MR) is 91.5 cm³/mol. The molecule has 3 atom stereocenters. The highest BCUT2D eigenvalue weighted by atomic mass is 16.1.